The number of H-pyrrole nitrogens is 1. The Bertz CT molecular complexity index is 525. The number of carbonyl (C=O) groups excluding carboxylic acids is 1. The quantitative estimate of drug-likeness (QED) is 0.891. The molecule has 0 fully saturated rings. The maximum absolute atomic E-state index is 11.9. The van der Waals surface area contributed by atoms with Crippen molar-refractivity contribution in [3.63, 3.8) is 0 Å². The number of nitrogens with zero attached hydrogens (tertiary/aromatic N) is 1. The summed E-state index contributed by atoms with van der Waals surface area (Å²) in [5, 5.41) is 10.0. The Balaban J connectivity index is 2.13. The normalized spacial score (nSPS) is 12.1. The van der Waals surface area contributed by atoms with Crippen LogP contribution >= 0.6 is 11.6 Å². The molecular formula is C13H14ClN3O. The molecule has 18 heavy (non-hydrogen) atoms. The molecule has 1 unspecified atom stereocenters. The fraction of sp³-hybridized carbons (Fsp3) is 0.231. The summed E-state index contributed by atoms with van der Waals surface area (Å²) in [6.45, 7) is 2.02. The van der Waals surface area contributed by atoms with Gasteiger partial charge in [-0.25, -0.2) is 0 Å². The lowest BCUT2D eigenvalue weighted by Gasteiger charge is -2.17. The molecule has 4 nitrogen and oxygen atoms in total. The van der Waals surface area contributed by atoms with Gasteiger partial charge in [0.05, 0.1) is 17.8 Å². The van der Waals surface area contributed by atoms with Gasteiger partial charge in [0, 0.05) is 11.2 Å². The van der Waals surface area contributed by atoms with Crippen LogP contribution in [0.2, 0.25) is 5.02 Å². The second-order valence-corrected chi connectivity index (χ2v) is 4.41. The van der Waals surface area contributed by atoms with E-state index in [0.717, 1.165) is 12.0 Å². The van der Waals surface area contributed by atoms with Crippen LogP contribution in [0.3, 0.4) is 0 Å². The summed E-state index contributed by atoms with van der Waals surface area (Å²) in [7, 11) is 0. The topological polar surface area (TPSA) is 57.8 Å². The number of benzene rings is 1. The minimum absolute atomic E-state index is 0.0499. The van der Waals surface area contributed by atoms with E-state index in [1.807, 2.05) is 31.2 Å². The fourth-order valence-electron chi connectivity index (χ4n) is 1.76. The van der Waals surface area contributed by atoms with Crippen molar-refractivity contribution in [1.82, 2.24) is 15.5 Å². The minimum atomic E-state index is -0.143. The van der Waals surface area contributed by atoms with Crippen LogP contribution in [-0.2, 0) is 0 Å². The third kappa shape index (κ3) is 2.90. The Morgan fingerprint density at radius 2 is 2.39 bits per heavy atom. The standard InChI is InChI=1S/C13H14ClN3O/c1-2-12(9-4-3-5-11(14)6-9)17-13(18)10-7-15-16-8-10/h3-8,12H,2H2,1H3,(H,15,16)(H,17,18). The van der Waals surface area contributed by atoms with Crippen LogP contribution in [0, 0.1) is 0 Å². The molecule has 0 aliphatic carbocycles. The molecule has 5 heteroatoms. The van der Waals surface area contributed by atoms with E-state index in [9.17, 15) is 4.79 Å². The zero-order valence-corrected chi connectivity index (χ0v) is 10.7. The number of halogens is 1. The summed E-state index contributed by atoms with van der Waals surface area (Å²) in [5.41, 5.74) is 1.53. The molecule has 2 aromatic rings. The predicted molar refractivity (Wildman–Crippen MR) is 70.5 cm³/mol. The molecule has 0 aliphatic heterocycles. The van der Waals surface area contributed by atoms with Crippen LogP contribution in [0.1, 0.15) is 35.3 Å². The third-order valence-corrected chi connectivity index (χ3v) is 2.96. The van der Waals surface area contributed by atoms with E-state index in [-0.39, 0.29) is 11.9 Å². The van der Waals surface area contributed by atoms with Gasteiger partial charge in [-0.2, -0.15) is 5.10 Å². The van der Waals surface area contributed by atoms with Gasteiger partial charge in [0.2, 0.25) is 0 Å². The van der Waals surface area contributed by atoms with Crippen molar-refractivity contribution in [2.75, 3.05) is 0 Å². The second-order valence-electron chi connectivity index (χ2n) is 3.98. The lowest BCUT2D eigenvalue weighted by atomic mass is 10.0. The van der Waals surface area contributed by atoms with Crippen LogP contribution in [0.15, 0.2) is 36.7 Å². The van der Waals surface area contributed by atoms with E-state index in [4.69, 9.17) is 11.6 Å². The summed E-state index contributed by atoms with van der Waals surface area (Å²) < 4.78 is 0. The van der Waals surface area contributed by atoms with Crippen molar-refractivity contribution < 1.29 is 4.79 Å². The summed E-state index contributed by atoms with van der Waals surface area (Å²) in [5.74, 6) is -0.143. The molecule has 0 bridgehead atoms. The van der Waals surface area contributed by atoms with Gasteiger partial charge >= 0.3 is 0 Å². The van der Waals surface area contributed by atoms with E-state index in [1.54, 1.807) is 6.20 Å². The van der Waals surface area contributed by atoms with Crippen LogP contribution in [-0.4, -0.2) is 16.1 Å². The van der Waals surface area contributed by atoms with Gasteiger partial charge in [-0.3, -0.25) is 9.89 Å². The summed E-state index contributed by atoms with van der Waals surface area (Å²) in [6, 6.07) is 7.47. The lowest BCUT2D eigenvalue weighted by molar-refractivity contribution is 0.0935. The average molecular weight is 264 g/mol. The maximum Gasteiger partial charge on any atom is 0.254 e. The largest absolute Gasteiger partial charge is 0.345 e. The zero-order chi connectivity index (χ0) is 13.0. The summed E-state index contributed by atoms with van der Waals surface area (Å²) in [4.78, 5) is 11.9. The third-order valence-electron chi connectivity index (χ3n) is 2.73. The Labute approximate surface area is 110 Å². The molecule has 0 aliphatic rings. The van der Waals surface area contributed by atoms with Gasteiger partial charge in [0.15, 0.2) is 0 Å². The smallest absolute Gasteiger partial charge is 0.254 e. The van der Waals surface area contributed by atoms with Crippen molar-refractivity contribution in [2.24, 2.45) is 0 Å². The van der Waals surface area contributed by atoms with Crippen LogP contribution < -0.4 is 5.32 Å². The van der Waals surface area contributed by atoms with Crippen molar-refractivity contribution >= 4 is 17.5 Å². The molecule has 0 saturated heterocycles. The Morgan fingerprint density at radius 3 is 3.00 bits per heavy atom. The van der Waals surface area contributed by atoms with Crippen LogP contribution in [0.25, 0.3) is 0 Å². The van der Waals surface area contributed by atoms with E-state index in [1.165, 1.54) is 6.20 Å². The molecule has 1 amide bonds. The molecule has 1 atom stereocenters. The Hall–Kier alpha value is -1.81. The minimum Gasteiger partial charge on any atom is -0.345 e. The highest BCUT2D eigenvalue weighted by Crippen LogP contribution is 2.20. The number of nitrogens with one attached hydrogen (secondary N) is 2. The molecule has 1 heterocycles. The number of hydrogen-bond acceptors (Lipinski definition) is 2. The van der Waals surface area contributed by atoms with E-state index < -0.39 is 0 Å². The van der Waals surface area contributed by atoms with Gasteiger partial charge in [-0.15, -0.1) is 0 Å². The number of rotatable bonds is 4. The number of carbonyl (C=O) groups is 1. The first kappa shape index (κ1) is 12.6. The van der Waals surface area contributed by atoms with E-state index in [2.05, 4.69) is 15.5 Å². The van der Waals surface area contributed by atoms with Crippen molar-refractivity contribution in [2.45, 2.75) is 19.4 Å². The number of hydrogen-bond donors (Lipinski definition) is 2. The van der Waals surface area contributed by atoms with Gasteiger partial charge in [-0.05, 0) is 24.1 Å². The first-order valence-corrected chi connectivity index (χ1v) is 6.13. The van der Waals surface area contributed by atoms with Gasteiger partial charge in [0.1, 0.15) is 0 Å². The van der Waals surface area contributed by atoms with E-state index >= 15 is 0 Å². The van der Waals surface area contributed by atoms with Crippen molar-refractivity contribution in [3.8, 4) is 0 Å². The number of amides is 1. The predicted octanol–water partition coefficient (Wildman–Crippen LogP) is 2.94. The van der Waals surface area contributed by atoms with Gasteiger partial charge < -0.3 is 5.32 Å². The summed E-state index contributed by atoms with van der Waals surface area (Å²) >= 11 is 5.95. The van der Waals surface area contributed by atoms with Crippen LogP contribution in [0.4, 0.5) is 0 Å². The molecule has 94 valence electrons. The number of aromatic nitrogens is 2. The highest BCUT2D eigenvalue weighted by atomic mass is 35.5. The van der Waals surface area contributed by atoms with E-state index in [0.29, 0.717) is 10.6 Å². The number of aromatic amines is 1. The summed E-state index contributed by atoms with van der Waals surface area (Å²) in [6.07, 6.45) is 3.87. The molecule has 0 radical (unpaired) electrons. The monoisotopic (exact) mass is 263 g/mol. The zero-order valence-electron chi connectivity index (χ0n) is 9.98. The molecule has 2 rings (SSSR count). The molecule has 0 saturated carbocycles. The maximum atomic E-state index is 11.9. The molecule has 1 aromatic carbocycles. The highest BCUT2D eigenvalue weighted by Gasteiger charge is 2.14. The molecule has 2 N–H and O–H groups in total. The van der Waals surface area contributed by atoms with Gasteiger partial charge in [0.25, 0.3) is 5.91 Å². The fourth-order valence-corrected chi connectivity index (χ4v) is 1.96. The van der Waals surface area contributed by atoms with Crippen LogP contribution in [0.5, 0.6) is 0 Å². The van der Waals surface area contributed by atoms with Crippen molar-refractivity contribution in [3.05, 3.63) is 52.8 Å². The SMILES string of the molecule is CCC(NC(=O)c1cn[nH]c1)c1cccc(Cl)c1. The lowest BCUT2D eigenvalue weighted by Crippen LogP contribution is -2.27. The Morgan fingerprint density at radius 1 is 1.56 bits per heavy atom. The highest BCUT2D eigenvalue weighted by molar-refractivity contribution is 6.30. The van der Waals surface area contributed by atoms with Crippen molar-refractivity contribution in [1.29, 1.82) is 0 Å². The average Bonchev–Trinajstić information content (AvgIpc) is 2.89. The first-order valence-electron chi connectivity index (χ1n) is 5.76. The second kappa shape index (κ2) is 5.69. The Kier molecular flexibility index (Phi) is 3.99. The first-order chi connectivity index (χ1) is 8.70. The molecule has 1 aromatic heterocycles. The van der Waals surface area contributed by atoms with Gasteiger partial charge in [-0.1, -0.05) is 30.7 Å². The molecule has 0 spiro atoms. The molecular weight excluding hydrogens is 250 g/mol.